The molecule has 0 spiro atoms. The third-order valence-corrected chi connectivity index (χ3v) is 4.83. The van der Waals surface area contributed by atoms with E-state index in [1.165, 1.54) is 0 Å². The molecule has 1 aromatic carbocycles. The van der Waals surface area contributed by atoms with Crippen LogP contribution in [-0.2, 0) is 4.79 Å². The van der Waals surface area contributed by atoms with Crippen molar-refractivity contribution in [2.45, 2.75) is 32.2 Å². The highest BCUT2D eigenvalue weighted by Gasteiger charge is 2.43. The number of hydrogen-bond acceptors (Lipinski definition) is 3. The lowest BCUT2D eigenvalue weighted by Crippen LogP contribution is -2.50. The molecule has 1 atom stereocenters. The topological polar surface area (TPSA) is 64.3 Å². The number of nitrogens with two attached hydrogens (primary N) is 1. The van der Waals surface area contributed by atoms with Gasteiger partial charge < -0.3 is 15.8 Å². The number of carbonyl (C=O) groups excluding carboxylic acids is 1. The number of amides is 1. The predicted molar refractivity (Wildman–Crippen MR) is 82.6 cm³/mol. The average Bonchev–Trinajstić information content (AvgIpc) is 2.37. The zero-order chi connectivity index (χ0) is 14.8. The van der Waals surface area contributed by atoms with Gasteiger partial charge in [0, 0.05) is 6.54 Å². The van der Waals surface area contributed by atoms with Crippen LogP contribution in [0.4, 0.5) is 0 Å². The molecule has 0 saturated heterocycles. The summed E-state index contributed by atoms with van der Waals surface area (Å²) in [4.78, 5) is 12.3. The maximum absolute atomic E-state index is 12.3. The lowest BCUT2D eigenvalue weighted by molar-refractivity contribution is -0.135. The van der Waals surface area contributed by atoms with Crippen LogP contribution in [0, 0.1) is 5.41 Å². The number of methoxy groups -OCH3 is 1. The van der Waals surface area contributed by atoms with Gasteiger partial charge in [-0.15, -0.1) is 0 Å². The molecule has 1 amide bonds. The van der Waals surface area contributed by atoms with E-state index in [2.05, 4.69) is 21.2 Å². The third-order valence-electron chi connectivity index (χ3n) is 4.21. The largest absolute Gasteiger partial charge is 0.496 e. The van der Waals surface area contributed by atoms with Crippen LogP contribution in [0.2, 0.25) is 0 Å². The van der Waals surface area contributed by atoms with Crippen LogP contribution < -0.4 is 15.8 Å². The minimum Gasteiger partial charge on any atom is -0.496 e. The first-order valence-corrected chi connectivity index (χ1v) is 7.66. The molecule has 0 heterocycles. The molecule has 1 aliphatic rings. The van der Waals surface area contributed by atoms with E-state index in [0.717, 1.165) is 35.0 Å². The molecule has 20 heavy (non-hydrogen) atoms. The normalized spacial score (nSPS) is 18.0. The summed E-state index contributed by atoms with van der Waals surface area (Å²) in [7, 11) is 1.63. The Morgan fingerprint density at radius 3 is 2.70 bits per heavy atom. The molecule has 1 aliphatic carbocycles. The molecular weight excluding hydrogens is 320 g/mol. The SMILES string of the molecule is COc1ccc(C(C)NC(=O)C2(CN)CCC2)cc1Br. The van der Waals surface area contributed by atoms with Crippen LogP contribution >= 0.6 is 15.9 Å². The van der Waals surface area contributed by atoms with Crippen LogP contribution in [-0.4, -0.2) is 19.6 Å². The van der Waals surface area contributed by atoms with Gasteiger partial charge in [-0.05, 0) is 53.4 Å². The van der Waals surface area contributed by atoms with Crippen LogP contribution in [0.15, 0.2) is 22.7 Å². The minimum atomic E-state index is -0.335. The van der Waals surface area contributed by atoms with E-state index in [0.29, 0.717) is 6.54 Å². The van der Waals surface area contributed by atoms with Crippen LogP contribution in [0.1, 0.15) is 37.8 Å². The van der Waals surface area contributed by atoms with Crippen molar-refractivity contribution in [3.8, 4) is 5.75 Å². The van der Waals surface area contributed by atoms with Gasteiger partial charge in [-0.25, -0.2) is 0 Å². The van der Waals surface area contributed by atoms with Gasteiger partial charge in [0.1, 0.15) is 5.75 Å². The fourth-order valence-corrected chi connectivity index (χ4v) is 3.07. The van der Waals surface area contributed by atoms with Crippen molar-refractivity contribution in [3.05, 3.63) is 28.2 Å². The highest BCUT2D eigenvalue weighted by Crippen LogP contribution is 2.40. The molecular formula is C15H21BrN2O2. The molecule has 0 bridgehead atoms. The van der Waals surface area contributed by atoms with Crippen molar-refractivity contribution in [1.82, 2.24) is 5.32 Å². The quantitative estimate of drug-likeness (QED) is 0.866. The molecule has 2 rings (SSSR count). The minimum absolute atomic E-state index is 0.0475. The third kappa shape index (κ3) is 2.83. The first kappa shape index (κ1) is 15.3. The zero-order valence-corrected chi connectivity index (χ0v) is 13.5. The summed E-state index contributed by atoms with van der Waals surface area (Å²) >= 11 is 3.46. The Morgan fingerprint density at radius 2 is 2.25 bits per heavy atom. The van der Waals surface area contributed by atoms with Crippen molar-refractivity contribution in [2.75, 3.05) is 13.7 Å². The number of rotatable bonds is 5. The Hall–Kier alpha value is -1.07. The van der Waals surface area contributed by atoms with Gasteiger partial charge in [-0.3, -0.25) is 4.79 Å². The Kier molecular flexibility index (Phi) is 4.70. The lowest BCUT2D eigenvalue weighted by Gasteiger charge is -2.39. The Bertz CT molecular complexity index is 495. The molecule has 3 N–H and O–H groups in total. The monoisotopic (exact) mass is 340 g/mol. The highest BCUT2D eigenvalue weighted by atomic mass is 79.9. The van der Waals surface area contributed by atoms with Gasteiger partial charge in [0.25, 0.3) is 0 Å². The maximum Gasteiger partial charge on any atom is 0.227 e. The van der Waals surface area contributed by atoms with Gasteiger partial charge in [-0.1, -0.05) is 12.5 Å². The molecule has 5 heteroatoms. The number of benzene rings is 1. The highest BCUT2D eigenvalue weighted by molar-refractivity contribution is 9.10. The Balaban J connectivity index is 2.06. The van der Waals surface area contributed by atoms with E-state index in [9.17, 15) is 4.79 Å². The standard InChI is InChI=1S/C15H21BrN2O2/c1-10(11-4-5-13(20-2)12(16)8-11)18-14(19)15(9-17)6-3-7-15/h4-5,8,10H,3,6-7,9,17H2,1-2H3,(H,18,19). The van der Waals surface area contributed by atoms with E-state index in [-0.39, 0.29) is 17.4 Å². The smallest absolute Gasteiger partial charge is 0.227 e. The molecule has 1 fully saturated rings. The second-order valence-electron chi connectivity index (χ2n) is 5.43. The molecule has 1 unspecified atom stereocenters. The molecule has 110 valence electrons. The van der Waals surface area contributed by atoms with Crippen LogP contribution in [0.25, 0.3) is 0 Å². The maximum atomic E-state index is 12.3. The summed E-state index contributed by atoms with van der Waals surface area (Å²) in [6.45, 7) is 2.41. The first-order chi connectivity index (χ1) is 9.52. The van der Waals surface area contributed by atoms with Crippen molar-refractivity contribution in [1.29, 1.82) is 0 Å². The van der Waals surface area contributed by atoms with Gasteiger partial charge in [0.15, 0.2) is 0 Å². The van der Waals surface area contributed by atoms with Gasteiger partial charge in [0.2, 0.25) is 5.91 Å². The Labute approximate surface area is 128 Å². The summed E-state index contributed by atoms with van der Waals surface area (Å²) in [5.41, 5.74) is 6.47. The molecule has 1 aromatic rings. The number of nitrogens with one attached hydrogen (secondary N) is 1. The molecule has 4 nitrogen and oxygen atoms in total. The molecule has 0 radical (unpaired) electrons. The second-order valence-corrected chi connectivity index (χ2v) is 6.28. The van der Waals surface area contributed by atoms with E-state index in [1.54, 1.807) is 7.11 Å². The lowest BCUT2D eigenvalue weighted by atomic mass is 9.68. The summed E-state index contributed by atoms with van der Waals surface area (Å²) < 4.78 is 6.09. The number of ether oxygens (including phenoxy) is 1. The summed E-state index contributed by atoms with van der Waals surface area (Å²) in [6.07, 6.45) is 2.88. The van der Waals surface area contributed by atoms with Crippen molar-refractivity contribution < 1.29 is 9.53 Å². The zero-order valence-electron chi connectivity index (χ0n) is 11.9. The fraction of sp³-hybridized carbons (Fsp3) is 0.533. The van der Waals surface area contributed by atoms with Crippen molar-refractivity contribution in [3.63, 3.8) is 0 Å². The van der Waals surface area contributed by atoms with Gasteiger partial charge in [-0.2, -0.15) is 0 Å². The van der Waals surface area contributed by atoms with E-state index >= 15 is 0 Å². The van der Waals surface area contributed by atoms with Gasteiger partial charge >= 0.3 is 0 Å². The fourth-order valence-electron chi connectivity index (χ4n) is 2.51. The summed E-state index contributed by atoms with van der Waals surface area (Å²) in [5.74, 6) is 0.857. The van der Waals surface area contributed by atoms with Gasteiger partial charge in [0.05, 0.1) is 23.0 Å². The average molecular weight is 341 g/mol. The van der Waals surface area contributed by atoms with Crippen LogP contribution in [0.3, 0.4) is 0 Å². The molecule has 1 saturated carbocycles. The predicted octanol–water partition coefficient (Wildman–Crippen LogP) is 2.76. The number of hydrogen-bond donors (Lipinski definition) is 2. The summed E-state index contributed by atoms with van der Waals surface area (Å²) in [6, 6.07) is 5.78. The number of halogens is 1. The van der Waals surface area contributed by atoms with E-state index in [1.807, 2.05) is 25.1 Å². The van der Waals surface area contributed by atoms with E-state index in [4.69, 9.17) is 10.5 Å². The van der Waals surface area contributed by atoms with Crippen molar-refractivity contribution in [2.24, 2.45) is 11.1 Å². The summed E-state index contributed by atoms with van der Waals surface area (Å²) in [5, 5.41) is 3.07. The van der Waals surface area contributed by atoms with Crippen LogP contribution in [0.5, 0.6) is 5.75 Å². The Morgan fingerprint density at radius 1 is 1.55 bits per heavy atom. The number of carbonyl (C=O) groups is 1. The second kappa shape index (κ2) is 6.14. The van der Waals surface area contributed by atoms with E-state index < -0.39 is 0 Å². The van der Waals surface area contributed by atoms with Crippen molar-refractivity contribution >= 4 is 21.8 Å². The molecule has 0 aliphatic heterocycles. The first-order valence-electron chi connectivity index (χ1n) is 6.87. The molecule has 0 aromatic heterocycles.